The molecule has 2 aliphatic rings. The van der Waals surface area contributed by atoms with Crippen molar-refractivity contribution >= 4 is 39.3 Å². The maximum atomic E-state index is 14.6. The molecular formula is C26H27BrFN5O2. The van der Waals surface area contributed by atoms with Crippen molar-refractivity contribution in [1.29, 1.82) is 0 Å². The first-order valence-corrected chi connectivity index (χ1v) is 12.4. The molecule has 0 spiro atoms. The molecule has 0 saturated carbocycles. The lowest BCUT2D eigenvalue weighted by molar-refractivity contribution is -0.122. The first-order valence-electron chi connectivity index (χ1n) is 11.6. The molecule has 1 atom stereocenters. The van der Waals surface area contributed by atoms with Crippen LogP contribution in [-0.4, -0.2) is 35.7 Å². The third-order valence-corrected chi connectivity index (χ3v) is 6.24. The van der Waals surface area contributed by atoms with Gasteiger partial charge in [-0.15, -0.1) is 0 Å². The number of allylic oxidation sites excluding steroid dienone is 3. The number of hydrogen-bond acceptors (Lipinski definition) is 4. The Morgan fingerprint density at radius 3 is 2.40 bits per heavy atom. The van der Waals surface area contributed by atoms with Crippen LogP contribution in [0.4, 0.5) is 14.9 Å². The van der Waals surface area contributed by atoms with E-state index in [1.165, 1.54) is 24.6 Å². The Labute approximate surface area is 212 Å². The molecule has 7 nitrogen and oxygen atoms in total. The summed E-state index contributed by atoms with van der Waals surface area (Å²) in [7, 11) is 0. The number of amides is 3. The van der Waals surface area contributed by atoms with E-state index in [2.05, 4.69) is 42.0 Å². The Morgan fingerprint density at radius 1 is 0.971 bits per heavy atom. The summed E-state index contributed by atoms with van der Waals surface area (Å²) < 4.78 is 15.4. The van der Waals surface area contributed by atoms with E-state index in [0.29, 0.717) is 17.8 Å². The van der Waals surface area contributed by atoms with Crippen LogP contribution in [0.3, 0.4) is 0 Å². The summed E-state index contributed by atoms with van der Waals surface area (Å²) >= 11 is 3.34. The molecule has 0 aromatic heterocycles. The van der Waals surface area contributed by atoms with E-state index in [1.807, 2.05) is 12.2 Å². The molecule has 3 N–H and O–H groups in total. The predicted molar refractivity (Wildman–Crippen MR) is 138 cm³/mol. The maximum Gasteiger partial charge on any atom is 0.320 e. The van der Waals surface area contributed by atoms with Gasteiger partial charge in [-0.05, 0) is 61.7 Å². The van der Waals surface area contributed by atoms with Crippen LogP contribution in [-0.2, 0) is 4.79 Å². The van der Waals surface area contributed by atoms with Gasteiger partial charge in [-0.2, -0.15) is 5.10 Å². The standard InChI is InChI=1S/C26H27BrFN5O2/c27-18-8-10-20(11-9-18)30-26(35)31-24(22-6-2-3-7-23(22)28)25(34)29-19-12-14-21(15-13-19)32-33-16-4-1-5-17-33/h2-3,6-14,24H,1,4-5,15-17H2,(H,29,34)(H2,30,31,35). The van der Waals surface area contributed by atoms with Crippen molar-refractivity contribution in [2.24, 2.45) is 5.10 Å². The Morgan fingerprint density at radius 2 is 1.71 bits per heavy atom. The van der Waals surface area contributed by atoms with Crippen LogP contribution < -0.4 is 16.0 Å². The molecule has 1 heterocycles. The fraction of sp³-hybridized carbons (Fsp3) is 0.269. The number of nitrogens with zero attached hydrogens (tertiary/aromatic N) is 2. The molecule has 3 amide bonds. The van der Waals surface area contributed by atoms with E-state index in [-0.39, 0.29) is 5.56 Å². The molecule has 1 saturated heterocycles. The van der Waals surface area contributed by atoms with Crippen molar-refractivity contribution in [2.45, 2.75) is 31.7 Å². The van der Waals surface area contributed by atoms with Gasteiger partial charge in [-0.25, -0.2) is 9.18 Å². The third-order valence-electron chi connectivity index (χ3n) is 5.71. The number of anilines is 1. The van der Waals surface area contributed by atoms with Crippen molar-refractivity contribution in [2.75, 3.05) is 18.4 Å². The van der Waals surface area contributed by atoms with Crippen LogP contribution in [0, 0.1) is 5.82 Å². The number of urea groups is 1. The molecule has 35 heavy (non-hydrogen) atoms. The number of nitrogens with one attached hydrogen (secondary N) is 3. The molecule has 9 heteroatoms. The lowest BCUT2D eigenvalue weighted by Gasteiger charge is -2.25. The monoisotopic (exact) mass is 539 g/mol. The molecule has 1 fully saturated rings. The zero-order chi connectivity index (χ0) is 24.6. The smallest absolute Gasteiger partial charge is 0.320 e. The first kappa shape index (κ1) is 24.7. The number of halogens is 2. The van der Waals surface area contributed by atoms with Gasteiger partial charge in [0.1, 0.15) is 11.9 Å². The van der Waals surface area contributed by atoms with E-state index in [0.717, 1.165) is 36.1 Å². The van der Waals surface area contributed by atoms with E-state index >= 15 is 0 Å². The number of rotatable bonds is 6. The van der Waals surface area contributed by atoms with E-state index in [9.17, 15) is 14.0 Å². The fourth-order valence-electron chi connectivity index (χ4n) is 3.90. The van der Waals surface area contributed by atoms with Crippen molar-refractivity contribution < 1.29 is 14.0 Å². The Balaban J connectivity index is 1.43. The topological polar surface area (TPSA) is 85.8 Å². The van der Waals surface area contributed by atoms with Crippen LogP contribution in [0.15, 0.2) is 82.0 Å². The zero-order valence-corrected chi connectivity index (χ0v) is 20.7. The van der Waals surface area contributed by atoms with Gasteiger partial charge in [0, 0.05) is 40.9 Å². The summed E-state index contributed by atoms with van der Waals surface area (Å²) in [6, 6.07) is 11.0. The molecule has 1 aliphatic carbocycles. The maximum absolute atomic E-state index is 14.6. The van der Waals surface area contributed by atoms with Crippen LogP contribution >= 0.6 is 15.9 Å². The van der Waals surface area contributed by atoms with Gasteiger partial charge >= 0.3 is 6.03 Å². The minimum atomic E-state index is -1.23. The summed E-state index contributed by atoms with van der Waals surface area (Å²) in [6.07, 6.45) is 9.62. The average Bonchev–Trinajstić information content (AvgIpc) is 2.86. The van der Waals surface area contributed by atoms with Gasteiger partial charge in [-0.1, -0.05) is 40.2 Å². The van der Waals surface area contributed by atoms with Crippen LogP contribution in [0.1, 0.15) is 37.3 Å². The van der Waals surface area contributed by atoms with Gasteiger partial charge in [0.25, 0.3) is 5.91 Å². The van der Waals surface area contributed by atoms with Crippen molar-refractivity contribution in [3.63, 3.8) is 0 Å². The van der Waals surface area contributed by atoms with E-state index in [4.69, 9.17) is 0 Å². The number of carbonyl (C=O) groups excluding carboxylic acids is 2. The number of hydrogen-bond donors (Lipinski definition) is 3. The Bertz CT molecular complexity index is 1160. The van der Waals surface area contributed by atoms with Crippen molar-refractivity contribution in [1.82, 2.24) is 15.6 Å². The zero-order valence-electron chi connectivity index (χ0n) is 19.1. The second-order valence-electron chi connectivity index (χ2n) is 8.35. The molecule has 1 aliphatic heterocycles. The molecule has 2 aromatic carbocycles. The normalized spacial score (nSPS) is 17.5. The second-order valence-corrected chi connectivity index (χ2v) is 9.27. The lowest BCUT2D eigenvalue weighted by atomic mass is 10.0. The molecular weight excluding hydrogens is 513 g/mol. The second kappa shape index (κ2) is 11.8. The van der Waals surface area contributed by atoms with Crippen LogP contribution in [0.2, 0.25) is 0 Å². The van der Waals surface area contributed by atoms with Crippen molar-refractivity contribution in [3.8, 4) is 0 Å². The number of hydrazone groups is 1. The molecule has 2 aromatic rings. The lowest BCUT2D eigenvalue weighted by Crippen LogP contribution is -2.42. The predicted octanol–water partition coefficient (Wildman–Crippen LogP) is 5.25. The summed E-state index contributed by atoms with van der Waals surface area (Å²) in [5.74, 6) is -1.13. The molecule has 182 valence electrons. The minimum absolute atomic E-state index is 0.0729. The highest BCUT2D eigenvalue weighted by Crippen LogP contribution is 2.20. The first-order chi connectivity index (χ1) is 17.0. The van der Waals surface area contributed by atoms with E-state index in [1.54, 1.807) is 36.4 Å². The highest BCUT2D eigenvalue weighted by Gasteiger charge is 2.26. The number of benzene rings is 2. The fourth-order valence-corrected chi connectivity index (χ4v) is 4.17. The Kier molecular flexibility index (Phi) is 8.31. The highest BCUT2D eigenvalue weighted by molar-refractivity contribution is 9.10. The molecule has 0 bridgehead atoms. The van der Waals surface area contributed by atoms with Gasteiger partial charge in [0.05, 0.1) is 5.71 Å². The largest absolute Gasteiger partial charge is 0.324 e. The molecule has 1 unspecified atom stereocenters. The summed E-state index contributed by atoms with van der Waals surface area (Å²) in [6.45, 7) is 1.92. The summed E-state index contributed by atoms with van der Waals surface area (Å²) in [5.41, 5.74) is 2.10. The Hall–Kier alpha value is -3.46. The van der Waals surface area contributed by atoms with Crippen LogP contribution in [0.5, 0.6) is 0 Å². The summed E-state index contributed by atoms with van der Waals surface area (Å²) in [4.78, 5) is 25.8. The van der Waals surface area contributed by atoms with Gasteiger partial charge in [-0.3, -0.25) is 9.80 Å². The van der Waals surface area contributed by atoms with E-state index < -0.39 is 23.8 Å². The molecule has 4 rings (SSSR count). The van der Waals surface area contributed by atoms with Crippen LogP contribution in [0.25, 0.3) is 0 Å². The highest BCUT2D eigenvalue weighted by atomic mass is 79.9. The molecule has 0 radical (unpaired) electrons. The average molecular weight is 540 g/mol. The van der Waals surface area contributed by atoms with Gasteiger partial charge in [0.15, 0.2) is 0 Å². The van der Waals surface area contributed by atoms with Gasteiger partial charge < -0.3 is 16.0 Å². The third kappa shape index (κ3) is 7.02. The van der Waals surface area contributed by atoms with Gasteiger partial charge in [0.2, 0.25) is 0 Å². The minimum Gasteiger partial charge on any atom is -0.324 e. The SMILES string of the molecule is O=C(Nc1ccc(Br)cc1)NC(C(=O)NC1=CCC(=NN2CCCCC2)C=C1)c1ccccc1F. The quantitative estimate of drug-likeness (QED) is 0.468. The van der Waals surface area contributed by atoms with Crippen molar-refractivity contribution in [3.05, 3.63) is 88.3 Å². The number of carbonyl (C=O) groups is 2. The summed E-state index contributed by atoms with van der Waals surface area (Å²) in [5, 5.41) is 14.8. The number of piperidine rings is 1.